The van der Waals surface area contributed by atoms with Crippen LogP contribution in [0.2, 0.25) is 0 Å². The van der Waals surface area contributed by atoms with Crippen LogP contribution in [0.1, 0.15) is 0 Å². The highest BCUT2D eigenvalue weighted by atomic mass is 19.4. The average molecular weight is 278 g/mol. The Hall–Kier alpha value is -1.88. The molecule has 0 saturated heterocycles. The molecule has 1 aromatic heterocycles. The Balaban J connectivity index is 2.48. The van der Waals surface area contributed by atoms with Crippen LogP contribution >= 0.6 is 0 Å². The van der Waals surface area contributed by atoms with Crippen LogP contribution in [0.4, 0.5) is 26.3 Å². The summed E-state index contributed by atoms with van der Waals surface area (Å²) in [5.74, 6) is 0. The summed E-state index contributed by atoms with van der Waals surface area (Å²) in [6, 6.07) is -1.65. The number of hydrogen-bond donors (Lipinski definition) is 0. The third kappa shape index (κ3) is 6.00. The van der Waals surface area contributed by atoms with Crippen molar-refractivity contribution < 1.29 is 35.8 Å². The summed E-state index contributed by atoms with van der Waals surface area (Å²) < 4.78 is 78.3. The Kier molecular flexibility index (Phi) is 4.08. The van der Waals surface area contributed by atoms with E-state index in [1.807, 2.05) is 0 Å². The van der Waals surface area contributed by atoms with Crippen LogP contribution in [0.3, 0.4) is 0 Å². The molecule has 0 bridgehead atoms. The molecule has 1 aromatic rings. The lowest BCUT2D eigenvalue weighted by Crippen LogP contribution is -2.22. The molecule has 102 valence electrons. The van der Waals surface area contributed by atoms with E-state index in [9.17, 15) is 26.3 Å². The lowest BCUT2D eigenvalue weighted by atomic mass is 10.7. The second-order valence-corrected chi connectivity index (χ2v) is 2.77. The first-order chi connectivity index (χ1) is 8.16. The fraction of sp³-hybridized carbons (Fsp3) is 0.667. The molecular weight excluding hydrogens is 274 g/mol. The Morgan fingerprint density at radius 3 is 1.17 bits per heavy atom. The Morgan fingerprint density at radius 1 is 0.667 bits per heavy atom. The van der Waals surface area contributed by atoms with Gasteiger partial charge in [0.15, 0.2) is 13.2 Å². The monoisotopic (exact) mass is 278 g/mol. The largest absolute Gasteiger partial charge is 0.452 e. The highest BCUT2D eigenvalue weighted by Crippen LogP contribution is 2.16. The number of aromatic nitrogens is 4. The van der Waals surface area contributed by atoms with Crippen LogP contribution in [-0.4, -0.2) is 46.0 Å². The van der Waals surface area contributed by atoms with Gasteiger partial charge in [-0.3, -0.25) is 0 Å². The molecule has 0 aliphatic heterocycles. The van der Waals surface area contributed by atoms with Crippen molar-refractivity contribution >= 4 is 0 Å². The minimum absolute atomic E-state index is 0.827. The number of nitrogens with zero attached hydrogens (tertiary/aromatic N) is 4. The molecule has 0 aromatic carbocycles. The van der Waals surface area contributed by atoms with Crippen LogP contribution in [0, 0.1) is 0 Å². The van der Waals surface area contributed by atoms with E-state index >= 15 is 0 Å². The molecule has 0 saturated carbocycles. The van der Waals surface area contributed by atoms with Gasteiger partial charge in [-0.1, -0.05) is 20.4 Å². The van der Waals surface area contributed by atoms with Crippen molar-refractivity contribution in [1.82, 2.24) is 20.4 Å². The van der Waals surface area contributed by atoms with E-state index in [0.717, 1.165) is 0 Å². The van der Waals surface area contributed by atoms with Gasteiger partial charge >= 0.3 is 24.4 Å². The average Bonchev–Trinajstić information content (AvgIpc) is 2.23. The highest BCUT2D eigenvalue weighted by molar-refractivity contribution is 4.90. The second-order valence-electron chi connectivity index (χ2n) is 2.77. The number of rotatable bonds is 4. The molecule has 0 aliphatic rings. The second kappa shape index (κ2) is 5.18. The number of ether oxygens (including phenoxy) is 2. The molecule has 0 radical (unpaired) electrons. The first kappa shape index (κ1) is 14.2. The summed E-state index contributed by atoms with van der Waals surface area (Å²) >= 11 is 0. The molecular formula is C6H4F6N4O2. The van der Waals surface area contributed by atoms with Crippen molar-refractivity contribution in [2.24, 2.45) is 0 Å². The van der Waals surface area contributed by atoms with Crippen molar-refractivity contribution in [2.45, 2.75) is 12.4 Å². The molecule has 1 rings (SSSR count). The SMILES string of the molecule is FC(F)(F)COc1nnc(OCC(F)(F)F)nn1. The van der Waals surface area contributed by atoms with E-state index in [2.05, 4.69) is 29.9 Å². The molecule has 6 nitrogen and oxygen atoms in total. The minimum Gasteiger partial charge on any atom is -0.452 e. The minimum atomic E-state index is -4.60. The van der Waals surface area contributed by atoms with E-state index in [-0.39, 0.29) is 0 Å². The summed E-state index contributed by atoms with van der Waals surface area (Å²) in [6.45, 7) is -3.34. The number of hydrogen-bond acceptors (Lipinski definition) is 6. The predicted octanol–water partition coefficient (Wildman–Crippen LogP) is 1.15. The molecule has 1 heterocycles. The van der Waals surface area contributed by atoms with Crippen molar-refractivity contribution in [3.63, 3.8) is 0 Å². The fourth-order valence-corrected chi connectivity index (χ4v) is 0.619. The van der Waals surface area contributed by atoms with Gasteiger partial charge in [0.05, 0.1) is 0 Å². The Bertz CT molecular complexity index is 340. The van der Waals surface area contributed by atoms with Gasteiger partial charge in [-0.15, -0.1) is 0 Å². The smallest absolute Gasteiger partial charge is 0.422 e. The maximum atomic E-state index is 11.7. The predicted molar refractivity (Wildman–Crippen MR) is 40.7 cm³/mol. The van der Waals surface area contributed by atoms with Gasteiger partial charge in [-0.2, -0.15) is 26.3 Å². The topological polar surface area (TPSA) is 70.0 Å². The van der Waals surface area contributed by atoms with Crippen molar-refractivity contribution in [2.75, 3.05) is 13.2 Å². The zero-order chi connectivity index (χ0) is 13.8. The fourth-order valence-electron chi connectivity index (χ4n) is 0.619. The van der Waals surface area contributed by atoms with E-state index < -0.39 is 37.6 Å². The van der Waals surface area contributed by atoms with Crippen molar-refractivity contribution in [3.05, 3.63) is 0 Å². The summed E-state index contributed by atoms with van der Waals surface area (Å²) in [7, 11) is 0. The molecule has 0 unspecified atom stereocenters. The first-order valence-electron chi connectivity index (χ1n) is 4.12. The maximum absolute atomic E-state index is 11.7. The number of halogens is 6. The van der Waals surface area contributed by atoms with Gasteiger partial charge in [0.25, 0.3) is 0 Å². The van der Waals surface area contributed by atoms with E-state index in [1.54, 1.807) is 0 Å². The molecule has 12 heteroatoms. The van der Waals surface area contributed by atoms with Crippen LogP contribution < -0.4 is 9.47 Å². The standard InChI is InChI=1S/C6H4F6N4O2/c7-5(8,9)1-17-3-13-15-4(16-14-3)18-2-6(10,11)12/h1-2H2. The molecule has 0 aliphatic carbocycles. The third-order valence-corrected chi connectivity index (χ3v) is 1.17. The van der Waals surface area contributed by atoms with E-state index in [1.165, 1.54) is 0 Å². The van der Waals surface area contributed by atoms with Gasteiger partial charge in [0, 0.05) is 0 Å². The third-order valence-electron chi connectivity index (χ3n) is 1.17. The Labute approximate surface area is 94.9 Å². The highest BCUT2D eigenvalue weighted by Gasteiger charge is 2.30. The van der Waals surface area contributed by atoms with Crippen molar-refractivity contribution in [1.29, 1.82) is 0 Å². The molecule has 18 heavy (non-hydrogen) atoms. The molecule has 0 fully saturated rings. The van der Waals surface area contributed by atoms with Crippen molar-refractivity contribution in [3.8, 4) is 12.0 Å². The molecule has 0 amide bonds. The summed E-state index contributed by atoms with van der Waals surface area (Å²) in [5, 5.41) is 11.8. The van der Waals surface area contributed by atoms with Gasteiger partial charge in [-0.25, -0.2) is 0 Å². The van der Waals surface area contributed by atoms with Gasteiger partial charge in [-0.05, 0) is 0 Å². The van der Waals surface area contributed by atoms with E-state index in [0.29, 0.717) is 0 Å². The van der Waals surface area contributed by atoms with Gasteiger partial charge in [0.1, 0.15) is 0 Å². The summed E-state index contributed by atoms with van der Waals surface area (Å²) in [5.41, 5.74) is 0. The molecule has 0 spiro atoms. The summed E-state index contributed by atoms with van der Waals surface area (Å²) in [6.07, 6.45) is -9.20. The zero-order valence-corrected chi connectivity index (χ0v) is 8.29. The Morgan fingerprint density at radius 2 is 0.944 bits per heavy atom. The zero-order valence-electron chi connectivity index (χ0n) is 8.29. The quantitative estimate of drug-likeness (QED) is 0.769. The van der Waals surface area contributed by atoms with Crippen LogP contribution in [0.5, 0.6) is 12.0 Å². The maximum Gasteiger partial charge on any atom is 0.422 e. The van der Waals surface area contributed by atoms with Gasteiger partial charge in [0.2, 0.25) is 0 Å². The van der Waals surface area contributed by atoms with Crippen LogP contribution in [0.15, 0.2) is 0 Å². The first-order valence-corrected chi connectivity index (χ1v) is 4.12. The number of alkyl halides is 6. The normalized spacial score (nSPS) is 12.3. The summed E-state index contributed by atoms with van der Waals surface area (Å²) in [4.78, 5) is 0. The lowest BCUT2D eigenvalue weighted by molar-refractivity contribution is -0.157. The lowest BCUT2D eigenvalue weighted by Gasteiger charge is -2.07. The van der Waals surface area contributed by atoms with E-state index in [4.69, 9.17) is 0 Å². The molecule has 0 atom stereocenters. The van der Waals surface area contributed by atoms with Crippen LogP contribution in [0.25, 0.3) is 0 Å². The van der Waals surface area contributed by atoms with Crippen LogP contribution in [-0.2, 0) is 0 Å². The van der Waals surface area contributed by atoms with Gasteiger partial charge < -0.3 is 9.47 Å². The molecule has 0 N–H and O–H groups in total.